The third-order valence-electron chi connectivity index (χ3n) is 2.39. The van der Waals surface area contributed by atoms with Crippen LogP contribution in [0, 0.1) is 0 Å². The highest BCUT2D eigenvalue weighted by molar-refractivity contribution is 5.82. The summed E-state index contributed by atoms with van der Waals surface area (Å²) in [5.41, 5.74) is 6.40. The molecule has 1 aromatic carbocycles. The van der Waals surface area contributed by atoms with Gasteiger partial charge < -0.3 is 10.5 Å². The second kappa shape index (κ2) is 5.82. The van der Waals surface area contributed by atoms with Gasteiger partial charge >= 0.3 is 0 Å². The number of nitrogen functional groups attached to an aromatic ring is 1. The van der Waals surface area contributed by atoms with Gasteiger partial charge in [-0.15, -0.1) is 0 Å². The zero-order valence-electron chi connectivity index (χ0n) is 9.87. The normalized spacial score (nSPS) is 10.0. The molecule has 0 atom stereocenters. The molecule has 0 spiro atoms. The molecule has 0 unspecified atom stereocenters. The van der Waals surface area contributed by atoms with Crippen molar-refractivity contribution in [1.82, 2.24) is 4.98 Å². The van der Waals surface area contributed by atoms with E-state index in [-0.39, 0.29) is 12.4 Å². The Morgan fingerprint density at radius 2 is 2.00 bits per heavy atom. The number of nitrogens with zero attached hydrogens (tertiary/aromatic N) is 1. The molecule has 1 heterocycles. The van der Waals surface area contributed by atoms with E-state index in [0.717, 1.165) is 5.56 Å². The van der Waals surface area contributed by atoms with Crippen LogP contribution in [0.1, 0.15) is 5.56 Å². The summed E-state index contributed by atoms with van der Waals surface area (Å²) < 4.78 is 5.37. The second-order valence-electron chi connectivity index (χ2n) is 3.91. The largest absolute Gasteiger partial charge is 0.486 e. The summed E-state index contributed by atoms with van der Waals surface area (Å²) in [5, 5.41) is 0. The topological polar surface area (TPSA) is 65.2 Å². The fraction of sp³-hybridized carbons (Fsp3) is 0.143. The summed E-state index contributed by atoms with van der Waals surface area (Å²) in [6.45, 7) is 0.0617. The number of para-hydroxylation sites is 1. The number of carbonyl (C=O) groups excluding carboxylic acids is 1. The first-order valence-electron chi connectivity index (χ1n) is 5.64. The zero-order chi connectivity index (χ0) is 12.8. The predicted molar refractivity (Wildman–Crippen MR) is 69.3 cm³/mol. The van der Waals surface area contributed by atoms with Crippen LogP contribution in [-0.2, 0) is 11.2 Å². The molecule has 18 heavy (non-hydrogen) atoms. The Morgan fingerprint density at radius 1 is 1.22 bits per heavy atom. The highest BCUT2D eigenvalue weighted by atomic mass is 16.5. The number of ketones is 1. The second-order valence-corrected chi connectivity index (χ2v) is 3.91. The van der Waals surface area contributed by atoms with Gasteiger partial charge in [-0.05, 0) is 29.8 Å². The van der Waals surface area contributed by atoms with Crippen LogP contribution in [0.5, 0.6) is 5.75 Å². The zero-order valence-corrected chi connectivity index (χ0v) is 9.87. The number of hydrogen-bond donors (Lipinski definition) is 1. The van der Waals surface area contributed by atoms with Gasteiger partial charge in [0.2, 0.25) is 0 Å². The van der Waals surface area contributed by atoms with Gasteiger partial charge in [-0.1, -0.05) is 18.2 Å². The molecule has 0 saturated heterocycles. The summed E-state index contributed by atoms with van der Waals surface area (Å²) >= 11 is 0. The van der Waals surface area contributed by atoms with Crippen molar-refractivity contribution in [3.05, 3.63) is 54.2 Å². The lowest BCUT2D eigenvalue weighted by Gasteiger charge is -2.05. The summed E-state index contributed by atoms with van der Waals surface area (Å²) in [6, 6.07) is 12.7. The van der Waals surface area contributed by atoms with Crippen LogP contribution in [0.2, 0.25) is 0 Å². The van der Waals surface area contributed by atoms with Crippen molar-refractivity contribution < 1.29 is 9.53 Å². The van der Waals surface area contributed by atoms with Crippen LogP contribution in [0.15, 0.2) is 48.7 Å². The number of aromatic nitrogens is 1. The molecule has 92 valence electrons. The summed E-state index contributed by atoms with van der Waals surface area (Å²) in [6.07, 6.45) is 1.90. The molecule has 0 aliphatic rings. The van der Waals surface area contributed by atoms with Crippen LogP contribution in [0.4, 0.5) is 5.82 Å². The average Bonchev–Trinajstić information content (AvgIpc) is 2.38. The minimum absolute atomic E-state index is 0.00412. The van der Waals surface area contributed by atoms with E-state index < -0.39 is 0 Å². The maximum absolute atomic E-state index is 11.7. The number of ether oxygens (including phenoxy) is 1. The van der Waals surface area contributed by atoms with Crippen molar-refractivity contribution in [3.63, 3.8) is 0 Å². The Kier molecular flexibility index (Phi) is 3.91. The van der Waals surface area contributed by atoms with Gasteiger partial charge in [0.1, 0.15) is 18.2 Å². The lowest BCUT2D eigenvalue weighted by molar-refractivity contribution is -0.120. The Labute approximate surface area is 105 Å². The molecule has 0 aliphatic carbocycles. The van der Waals surface area contributed by atoms with Crippen molar-refractivity contribution in [3.8, 4) is 5.75 Å². The van der Waals surface area contributed by atoms with Gasteiger partial charge in [-0.25, -0.2) is 4.98 Å². The third-order valence-corrected chi connectivity index (χ3v) is 2.39. The number of anilines is 1. The highest BCUT2D eigenvalue weighted by Crippen LogP contribution is 2.09. The van der Waals surface area contributed by atoms with E-state index in [1.807, 2.05) is 30.3 Å². The van der Waals surface area contributed by atoms with E-state index in [0.29, 0.717) is 18.0 Å². The Bertz CT molecular complexity index is 526. The molecule has 2 N–H and O–H groups in total. The predicted octanol–water partition coefficient (Wildman–Crippen LogP) is 1.85. The van der Waals surface area contributed by atoms with E-state index in [1.165, 1.54) is 0 Å². The summed E-state index contributed by atoms with van der Waals surface area (Å²) in [4.78, 5) is 15.6. The SMILES string of the molecule is Nc1cc(CC(=O)COc2ccccc2)ccn1. The maximum atomic E-state index is 11.7. The Balaban J connectivity index is 1.86. The molecule has 0 aliphatic heterocycles. The third kappa shape index (κ3) is 3.59. The molecule has 4 heteroatoms. The summed E-state index contributed by atoms with van der Waals surface area (Å²) in [5.74, 6) is 1.12. The minimum atomic E-state index is 0.00412. The van der Waals surface area contributed by atoms with Crippen LogP contribution in [0.3, 0.4) is 0 Å². The molecule has 0 amide bonds. The standard InChI is InChI=1S/C14H14N2O2/c15-14-9-11(6-7-16-14)8-12(17)10-18-13-4-2-1-3-5-13/h1-7,9H,8,10H2,(H2,15,16). The molecule has 0 saturated carbocycles. The molecule has 0 bridgehead atoms. The van der Waals surface area contributed by atoms with Crippen LogP contribution in [-0.4, -0.2) is 17.4 Å². The molecule has 2 rings (SSSR count). The number of rotatable bonds is 5. The van der Waals surface area contributed by atoms with Crippen LogP contribution < -0.4 is 10.5 Å². The molecule has 4 nitrogen and oxygen atoms in total. The van der Waals surface area contributed by atoms with E-state index in [4.69, 9.17) is 10.5 Å². The van der Waals surface area contributed by atoms with Crippen molar-refractivity contribution in [2.24, 2.45) is 0 Å². The molecule has 0 fully saturated rings. The Hall–Kier alpha value is -2.36. The molecular weight excluding hydrogens is 228 g/mol. The van der Waals surface area contributed by atoms with Crippen LogP contribution in [0.25, 0.3) is 0 Å². The van der Waals surface area contributed by atoms with Crippen molar-refractivity contribution >= 4 is 11.6 Å². The number of hydrogen-bond acceptors (Lipinski definition) is 4. The smallest absolute Gasteiger partial charge is 0.174 e. The lowest BCUT2D eigenvalue weighted by Crippen LogP contribution is -2.14. The van der Waals surface area contributed by atoms with E-state index >= 15 is 0 Å². The number of carbonyl (C=O) groups is 1. The lowest BCUT2D eigenvalue weighted by atomic mass is 10.1. The number of nitrogens with two attached hydrogens (primary N) is 1. The first kappa shape index (κ1) is 12.1. The molecule has 0 radical (unpaired) electrons. The first-order valence-corrected chi connectivity index (χ1v) is 5.64. The van der Waals surface area contributed by atoms with E-state index in [1.54, 1.807) is 18.3 Å². The van der Waals surface area contributed by atoms with Crippen molar-refractivity contribution in [2.75, 3.05) is 12.3 Å². The monoisotopic (exact) mass is 242 g/mol. The van der Waals surface area contributed by atoms with Gasteiger partial charge in [0.25, 0.3) is 0 Å². The first-order chi connectivity index (χ1) is 8.74. The fourth-order valence-corrected chi connectivity index (χ4v) is 1.56. The van der Waals surface area contributed by atoms with Gasteiger partial charge in [0, 0.05) is 12.6 Å². The minimum Gasteiger partial charge on any atom is -0.486 e. The summed E-state index contributed by atoms with van der Waals surface area (Å²) in [7, 11) is 0. The number of benzene rings is 1. The van der Waals surface area contributed by atoms with E-state index in [2.05, 4.69) is 4.98 Å². The highest BCUT2D eigenvalue weighted by Gasteiger charge is 2.05. The fourth-order valence-electron chi connectivity index (χ4n) is 1.56. The van der Waals surface area contributed by atoms with Gasteiger partial charge in [-0.3, -0.25) is 4.79 Å². The maximum Gasteiger partial charge on any atom is 0.174 e. The number of Topliss-reactive ketones (excluding diaryl/α,β-unsaturated/α-hetero) is 1. The van der Waals surface area contributed by atoms with Gasteiger partial charge in [0.15, 0.2) is 5.78 Å². The van der Waals surface area contributed by atoms with Crippen molar-refractivity contribution in [1.29, 1.82) is 0 Å². The van der Waals surface area contributed by atoms with Gasteiger partial charge in [0.05, 0.1) is 0 Å². The Morgan fingerprint density at radius 3 is 2.72 bits per heavy atom. The molecule has 1 aromatic heterocycles. The van der Waals surface area contributed by atoms with E-state index in [9.17, 15) is 4.79 Å². The van der Waals surface area contributed by atoms with Gasteiger partial charge in [-0.2, -0.15) is 0 Å². The number of pyridine rings is 1. The van der Waals surface area contributed by atoms with Crippen LogP contribution >= 0.6 is 0 Å². The molecule has 2 aromatic rings. The quantitative estimate of drug-likeness (QED) is 0.869. The van der Waals surface area contributed by atoms with Crippen molar-refractivity contribution in [2.45, 2.75) is 6.42 Å². The molecular formula is C14H14N2O2. The average molecular weight is 242 g/mol.